The number of aryl methyl sites for hydroxylation is 1. The molecule has 3 rings (SSSR count). The molecule has 2 heterocycles. The number of hydrogen-bond acceptors (Lipinski definition) is 8. The molecule has 174 valence electrons. The zero-order valence-corrected chi connectivity index (χ0v) is 19.1. The van der Waals surface area contributed by atoms with Gasteiger partial charge in [0.15, 0.2) is 6.10 Å². The van der Waals surface area contributed by atoms with Crippen LogP contribution in [0.25, 0.3) is 0 Å². The third kappa shape index (κ3) is 5.46. The molecule has 1 fully saturated rings. The molecule has 1 N–H and O–H groups in total. The van der Waals surface area contributed by atoms with Gasteiger partial charge < -0.3 is 14.0 Å². The molecule has 10 nitrogen and oxygen atoms in total. The van der Waals surface area contributed by atoms with Crippen molar-refractivity contribution >= 4 is 27.8 Å². The van der Waals surface area contributed by atoms with E-state index >= 15 is 0 Å². The second-order valence-electron chi connectivity index (χ2n) is 7.55. The standard InChI is InChI=1S/C21H27N3O7S/c1-14-12-19(31-23-14)22-20(25)15(2)30-21(26)17-13-16(8-9-18(17)29-3)32(27,28)24-10-6-4-5-7-11-24/h8-9,12-13,15H,4-7,10-11H2,1-3H3,(H,22,25)/t15-/m0/s1. The molecule has 1 aromatic carbocycles. The number of hydrogen-bond donors (Lipinski definition) is 1. The summed E-state index contributed by atoms with van der Waals surface area (Å²) in [5, 5.41) is 6.12. The summed E-state index contributed by atoms with van der Waals surface area (Å²) in [6.45, 7) is 3.96. The van der Waals surface area contributed by atoms with E-state index in [0.29, 0.717) is 18.8 Å². The van der Waals surface area contributed by atoms with Gasteiger partial charge in [-0.15, -0.1) is 0 Å². The van der Waals surface area contributed by atoms with E-state index in [1.165, 1.54) is 42.6 Å². The molecule has 11 heteroatoms. The van der Waals surface area contributed by atoms with Crippen molar-refractivity contribution in [3.8, 4) is 5.75 Å². The van der Waals surface area contributed by atoms with Gasteiger partial charge in [-0.2, -0.15) is 4.31 Å². The summed E-state index contributed by atoms with van der Waals surface area (Å²) in [5.74, 6) is -1.24. The van der Waals surface area contributed by atoms with E-state index in [1.54, 1.807) is 6.92 Å². The van der Waals surface area contributed by atoms with Gasteiger partial charge in [-0.25, -0.2) is 13.2 Å². The fourth-order valence-electron chi connectivity index (χ4n) is 3.36. The molecule has 1 aliphatic heterocycles. The maximum atomic E-state index is 13.1. The van der Waals surface area contributed by atoms with Gasteiger partial charge in [0, 0.05) is 19.2 Å². The Kier molecular flexibility index (Phi) is 7.52. The molecular formula is C21H27N3O7S. The average molecular weight is 466 g/mol. The van der Waals surface area contributed by atoms with Crippen LogP contribution in [0.4, 0.5) is 5.88 Å². The first-order chi connectivity index (χ1) is 15.2. The average Bonchev–Trinajstić information content (AvgIpc) is 3.00. The lowest BCUT2D eigenvalue weighted by atomic mass is 10.2. The van der Waals surface area contributed by atoms with Crippen LogP contribution < -0.4 is 10.1 Å². The summed E-state index contributed by atoms with van der Waals surface area (Å²) in [7, 11) is -2.42. The van der Waals surface area contributed by atoms with Gasteiger partial charge in [-0.3, -0.25) is 10.1 Å². The van der Waals surface area contributed by atoms with Crippen LogP contribution in [0.5, 0.6) is 5.75 Å². The second kappa shape index (κ2) is 10.1. The van der Waals surface area contributed by atoms with Crippen molar-refractivity contribution in [2.24, 2.45) is 0 Å². The molecule has 1 amide bonds. The Morgan fingerprint density at radius 3 is 2.44 bits per heavy atom. The van der Waals surface area contributed by atoms with Crippen LogP contribution in [0, 0.1) is 6.92 Å². The Labute approximate surface area is 186 Å². The maximum absolute atomic E-state index is 13.1. The summed E-state index contributed by atoms with van der Waals surface area (Å²) in [6, 6.07) is 5.56. The summed E-state index contributed by atoms with van der Waals surface area (Å²) in [5.41, 5.74) is 0.496. The van der Waals surface area contributed by atoms with Crippen LogP contribution >= 0.6 is 0 Å². The second-order valence-corrected chi connectivity index (χ2v) is 9.49. The number of nitrogens with zero attached hydrogens (tertiary/aromatic N) is 2. The minimum Gasteiger partial charge on any atom is -0.496 e. The van der Waals surface area contributed by atoms with Crippen LogP contribution in [0.3, 0.4) is 0 Å². The van der Waals surface area contributed by atoms with E-state index in [4.69, 9.17) is 14.0 Å². The zero-order chi connectivity index (χ0) is 23.3. The number of esters is 1. The Morgan fingerprint density at radius 2 is 1.84 bits per heavy atom. The van der Waals surface area contributed by atoms with Crippen molar-refractivity contribution in [1.82, 2.24) is 9.46 Å². The van der Waals surface area contributed by atoms with Crippen LogP contribution in [0.2, 0.25) is 0 Å². The fraction of sp³-hybridized carbons (Fsp3) is 0.476. The molecule has 0 spiro atoms. The van der Waals surface area contributed by atoms with Gasteiger partial charge in [0.1, 0.15) is 11.3 Å². The number of nitrogens with one attached hydrogen (secondary N) is 1. The Balaban J connectivity index is 1.78. The lowest BCUT2D eigenvalue weighted by Crippen LogP contribution is -2.32. The smallest absolute Gasteiger partial charge is 0.342 e. The summed E-state index contributed by atoms with van der Waals surface area (Å²) >= 11 is 0. The molecular weight excluding hydrogens is 438 g/mol. The van der Waals surface area contributed by atoms with Gasteiger partial charge in [0.05, 0.1) is 17.7 Å². The minimum absolute atomic E-state index is 0.0265. The van der Waals surface area contributed by atoms with Gasteiger partial charge in [0.25, 0.3) is 5.91 Å². The van der Waals surface area contributed by atoms with Crippen molar-refractivity contribution in [2.75, 3.05) is 25.5 Å². The number of carbonyl (C=O) groups excluding carboxylic acids is 2. The predicted octanol–water partition coefficient (Wildman–Crippen LogP) is 2.74. The number of amides is 1. The van der Waals surface area contributed by atoms with Crippen molar-refractivity contribution in [2.45, 2.75) is 50.5 Å². The minimum atomic E-state index is -3.78. The maximum Gasteiger partial charge on any atom is 0.342 e. The van der Waals surface area contributed by atoms with Crippen molar-refractivity contribution < 1.29 is 32.0 Å². The van der Waals surface area contributed by atoms with E-state index in [2.05, 4.69) is 10.5 Å². The third-order valence-electron chi connectivity index (χ3n) is 5.12. The topological polar surface area (TPSA) is 128 Å². The van der Waals surface area contributed by atoms with Crippen LogP contribution in [-0.2, 0) is 19.6 Å². The zero-order valence-electron chi connectivity index (χ0n) is 18.3. The quantitative estimate of drug-likeness (QED) is 0.618. The van der Waals surface area contributed by atoms with E-state index in [9.17, 15) is 18.0 Å². The number of sulfonamides is 1. The lowest BCUT2D eigenvalue weighted by Gasteiger charge is -2.21. The molecule has 0 unspecified atom stereocenters. The molecule has 32 heavy (non-hydrogen) atoms. The largest absolute Gasteiger partial charge is 0.496 e. The van der Waals surface area contributed by atoms with Crippen molar-refractivity contribution in [3.05, 3.63) is 35.5 Å². The first kappa shape index (κ1) is 23.7. The monoisotopic (exact) mass is 465 g/mol. The molecule has 1 atom stereocenters. The number of rotatable bonds is 7. The van der Waals surface area contributed by atoms with E-state index in [-0.39, 0.29) is 22.1 Å². The molecule has 0 radical (unpaired) electrons. The molecule has 0 aliphatic carbocycles. The molecule has 1 aromatic heterocycles. The third-order valence-corrected chi connectivity index (χ3v) is 7.02. The highest BCUT2D eigenvalue weighted by Gasteiger charge is 2.28. The van der Waals surface area contributed by atoms with Crippen LogP contribution in [0.1, 0.15) is 48.7 Å². The number of carbonyl (C=O) groups is 2. The number of aromatic nitrogens is 1. The van der Waals surface area contributed by atoms with Crippen molar-refractivity contribution in [3.63, 3.8) is 0 Å². The fourth-order valence-corrected chi connectivity index (χ4v) is 4.91. The number of benzene rings is 1. The van der Waals surface area contributed by atoms with Gasteiger partial charge in [0.2, 0.25) is 15.9 Å². The lowest BCUT2D eigenvalue weighted by molar-refractivity contribution is -0.123. The first-order valence-electron chi connectivity index (χ1n) is 10.4. The number of ether oxygens (including phenoxy) is 2. The highest BCUT2D eigenvalue weighted by Crippen LogP contribution is 2.27. The molecule has 0 saturated carbocycles. The number of anilines is 1. The van der Waals surface area contributed by atoms with E-state index in [0.717, 1.165) is 25.7 Å². The normalized spacial score (nSPS) is 16.1. The Bertz CT molecular complexity index is 1070. The molecule has 0 bridgehead atoms. The molecule has 1 saturated heterocycles. The van der Waals surface area contributed by atoms with Crippen LogP contribution in [-0.4, -0.2) is 56.1 Å². The van der Waals surface area contributed by atoms with Gasteiger partial charge >= 0.3 is 5.97 Å². The summed E-state index contributed by atoms with van der Waals surface area (Å²) in [4.78, 5) is 25.1. The Morgan fingerprint density at radius 1 is 1.16 bits per heavy atom. The van der Waals surface area contributed by atoms with Gasteiger partial charge in [-0.1, -0.05) is 18.0 Å². The number of methoxy groups -OCH3 is 1. The summed E-state index contributed by atoms with van der Waals surface area (Å²) < 4.78 is 43.0. The van der Waals surface area contributed by atoms with Gasteiger partial charge in [-0.05, 0) is 44.9 Å². The SMILES string of the molecule is COc1ccc(S(=O)(=O)N2CCCCCC2)cc1C(=O)O[C@@H](C)C(=O)Nc1cc(C)no1. The van der Waals surface area contributed by atoms with E-state index < -0.39 is 28.0 Å². The highest BCUT2D eigenvalue weighted by atomic mass is 32.2. The Hall–Kier alpha value is -2.92. The van der Waals surface area contributed by atoms with Crippen molar-refractivity contribution in [1.29, 1.82) is 0 Å². The summed E-state index contributed by atoms with van der Waals surface area (Å²) in [6.07, 6.45) is 2.38. The first-order valence-corrected chi connectivity index (χ1v) is 11.8. The highest BCUT2D eigenvalue weighted by molar-refractivity contribution is 7.89. The van der Waals surface area contributed by atoms with Crippen LogP contribution in [0.15, 0.2) is 33.7 Å². The molecule has 1 aliphatic rings. The van der Waals surface area contributed by atoms with E-state index in [1.807, 2.05) is 0 Å². The molecule has 2 aromatic rings. The predicted molar refractivity (Wildman–Crippen MR) is 115 cm³/mol.